The molecule has 0 bridgehead atoms. The van der Waals surface area contributed by atoms with Crippen LogP contribution in [-0.4, -0.2) is 19.6 Å². The van der Waals surface area contributed by atoms with Gasteiger partial charge >= 0.3 is 0 Å². The van der Waals surface area contributed by atoms with E-state index in [0.717, 1.165) is 36.5 Å². The van der Waals surface area contributed by atoms with Gasteiger partial charge in [0.1, 0.15) is 4.90 Å². The average molecular weight is 467 g/mol. The number of non-ortho nitro benzene ring substituents is 1. The Hall–Kier alpha value is -3.57. The SMILES string of the molecule is O=[N+]([O-])c1ccc(N/N=C/c2ccc(F)c(F)c2)c(S(=O)(=O)Nc2ccc(Cl)cc2)c1. The molecule has 0 radical (unpaired) electrons. The molecule has 31 heavy (non-hydrogen) atoms. The zero-order valence-corrected chi connectivity index (χ0v) is 17.0. The predicted molar refractivity (Wildman–Crippen MR) is 113 cm³/mol. The van der Waals surface area contributed by atoms with Gasteiger partial charge in [-0.1, -0.05) is 17.7 Å². The van der Waals surface area contributed by atoms with Crippen molar-refractivity contribution in [1.82, 2.24) is 0 Å². The van der Waals surface area contributed by atoms with Gasteiger partial charge in [0.2, 0.25) is 0 Å². The molecule has 0 aromatic heterocycles. The lowest BCUT2D eigenvalue weighted by Crippen LogP contribution is -2.15. The number of benzene rings is 3. The van der Waals surface area contributed by atoms with Crippen molar-refractivity contribution in [1.29, 1.82) is 0 Å². The largest absolute Gasteiger partial charge is 0.280 e. The first-order valence-corrected chi connectivity index (χ1v) is 10.3. The van der Waals surface area contributed by atoms with Crippen LogP contribution in [0.4, 0.5) is 25.8 Å². The van der Waals surface area contributed by atoms with Crippen LogP contribution < -0.4 is 10.1 Å². The first-order chi connectivity index (χ1) is 14.7. The minimum Gasteiger partial charge on any atom is -0.280 e. The third-order valence-electron chi connectivity index (χ3n) is 3.90. The normalized spacial score (nSPS) is 11.5. The van der Waals surface area contributed by atoms with E-state index in [9.17, 15) is 27.3 Å². The van der Waals surface area contributed by atoms with Crippen molar-refractivity contribution in [2.75, 3.05) is 10.1 Å². The number of nitro groups is 1. The van der Waals surface area contributed by atoms with Crippen LogP contribution in [0.5, 0.6) is 0 Å². The Bertz CT molecular complexity index is 1270. The second-order valence-electron chi connectivity index (χ2n) is 6.09. The van der Waals surface area contributed by atoms with Crippen molar-refractivity contribution in [3.8, 4) is 0 Å². The molecular formula is C19H13ClF2N4O4S. The van der Waals surface area contributed by atoms with Gasteiger partial charge in [0.15, 0.2) is 11.6 Å². The number of hydrogen-bond acceptors (Lipinski definition) is 6. The molecule has 0 heterocycles. The van der Waals surface area contributed by atoms with Crippen LogP contribution in [-0.2, 0) is 10.0 Å². The van der Waals surface area contributed by atoms with Gasteiger partial charge in [0.25, 0.3) is 15.7 Å². The molecule has 3 aromatic rings. The Labute approximate surface area is 180 Å². The van der Waals surface area contributed by atoms with Crippen molar-refractivity contribution in [2.24, 2.45) is 5.10 Å². The summed E-state index contributed by atoms with van der Waals surface area (Å²) in [7, 11) is -4.26. The van der Waals surface area contributed by atoms with Crippen LogP contribution in [0, 0.1) is 21.7 Å². The van der Waals surface area contributed by atoms with E-state index >= 15 is 0 Å². The van der Waals surface area contributed by atoms with Gasteiger partial charge in [0, 0.05) is 22.8 Å². The maximum Gasteiger partial charge on any atom is 0.270 e. The van der Waals surface area contributed by atoms with Crippen LogP contribution in [0.15, 0.2) is 70.7 Å². The Morgan fingerprint density at radius 2 is 1.71 bits per heavy atom. The summed E-state index contributed by atoms with van der Waals surface area (Å²) < 4.78 is 54.3. The van der Waals surface area contributed by atoms with Crippen molar-refractivity contribution in [3.63, 3.8) is 0 Å². The second-order valence-corrected chi connectivity index (χ2v) is 8.18. The number of rotatable bonds is 7. The summed E-state index contributed by atoms with van der Waals surface area (Å²) in [5.74, 6) is -2.10. The number of hydrazone groups is 1. The predicted octanol–water partition coefficient (Wildman–Crippen LogP) is 4.77. The summed E-state index contributed by atoms with van der Waals surface area (Å²) in [6, 6.07) is 12.0. The van der Waals surface area contributed by atoms with Gasteiger partial charge in [-0.05, 0) is 48.0 Å². The van der Waals surface area contributed by atoms with E-state index in [4.69, 9.17) is 11.6 Å². The van der Waals surface area contributed by atoms with Crippen molar-refractivity contribution >= 4 is 44.9 Å². The number of nitro benzene ring substituents is 1. The molecule has 0 fully saturated rings. The molecule has 2 N–H and O–H groups in total. The molecule has 12 heteroatoms. The molecule has 0 amide bonds. The van der Waals surface area contributed by atoms with E-state index in [-0.39, 0.29) is 16.9 Å². The van der Waals surface area contributed by atoms with Crippen LogP contribution in [0.2, 0.25) is 5.02 Å². The van der Waals surface area contributed by atoms with Gasteiger partial charge in [0.05, 0.1) is 16.8 Å². The molecule has 3 rings (SSSR count). The summed E-state index contributed by atoms with van der Waals surface area (Å²) in [6.45, 7) is 0. The highest BCUT2D eigenvalue weighted by molar-refractivity contribution is 7.92. The minimum absolute atomic E-state index is 0.0779. The fraction of sp³-hybridized carbons (Fsp3) is 0. The quantitative estimate of drug-likeness (QED) is 0.295. The third kappa shape index (κ3) is 5.53. The molecule has 0 aliphatic rings. The lowest BCUT2D eigenvalue weighted by molar-refractivity contribution is -0.385. The molecule has 0 saturated carbocycles. The topological polar surface area (TPSA) is 114 Å². The molecule has 0 spiro atoms. The van der Waals surface area contributed by atoms with Crippen molar-refractivity contribution in [2.45, 2.75) is 4.90 Å². The summed E-state index contributed by atoms with van der Waals surface area (Å²) in [5.41, 5.74) is 2.32. The molecule has 0 atom stereocenters. The Morgan fingerprint density at radius 1 is 1.00 bits per heavy atom. The monoisotopic (exact) mass is 466 g/mol. The minimum atomic E-state index is -4.26. The lowest BCUT2D eigenvalue weighted by Gasteiger charge is -2.12. The summed E-state index contributed by atoms with van der Waals surface area (Å²) in [6.07, 6.45) is 1.13. The van der Waals surface area contributed by atoms with Gasteiger partial charge in [-0.3, -0.25) is 20.3 Å². The smallest absolute Gasteiger partial charge is 0.270 e. The zero-order valence-electron chi connectivity index (χ0n) is 15.4. The fourth-order valence-electron chi connectivity index (χ4n) is 2.44. The second kappa shape index (κ2) is 9.06. The maximum atomic E-state index is 13.3. The number of anilines is 2. The van der Waals surface area contributed by atoms with Crippen molar-refractivity contribution < 1.29 is 22.1 Å². The fourth-order valence-corrected chi connectivity index (χ4v) is 3.80. The molecule has 0 aliphatic carbocycles. The van der Waals surface area contributed by atoms with Crippen LogP contribution in [0.1, 0.15) is 5.56 Å². The Morgan fingerprint density at radius 3 is 2.35 bits per heavy atom. The Kier molecular flexibility index (Phi) is 6.47. The number of nitrogens with one attached hydrogen (secondary N) is 2. The maximum absolute atomic E-state index is 13.3. The molecular weight excluding hydrogens is 454 g/mol. The van der Waals surface area contributed by atoms with E-state index in [2.05, 4.69) is 15.2 Å². The van der Waals surface area contributed by atoms with Gasteiger partial charge < -0.3 is 0 Å². The van der Waals surface area contributed by atoms with E-state index in [1.54, 1.807) is 0 Å². The van der Waals surface area contributed by atoms with Crippen LogP contribution in [0.25, 0.3) is 0 Å². The van der Waals surface area contributed by atoms with Gasteiger partial charge in [-0.25, -0.2) is 17.2 Å². The first-order valence-electron chi connectivity index (χ1n) is 8.47. The molecule has 8 nitrogen and oxygen atoms in total. The number of hydrogen-bond donors (Lipinski definition) is 2. The molecule has 3 aromatic carbocycles. The first kappa shape index (κ1) is 22.1. The molecule has 160 valence electrons. The van der Waals surface area contributed by atoms with E-state index in [1.165, 1.54) is 30.3 Å². The van der Waals surface area contributed by atoms with Gasteiger partial charge in [-0.2, -0.15) is 5.10 Å². The summed E-state index contributed by atoms with van der Waals surface area (Å²) in [5, 5.41) is 15.3. The van der Waals surface area contributed by atoms with Crippen molar-refractivity contribution in [3.05, 3.63) is 93.0 Å². The number of sulfonamides is 1. The highest BCUT2D eigenvalue weighted by Crippen LogP contribution is 2.28. The molecule has 0 saturated heterocycles. The molecule has 0 aliphatic heterocycles. The zero-order chi connectivity index (χ0) is 22.6. The lowest BCUT2D eigenvalue weighted by atomic mass is 10.2. The highest BCUT2D eigenvalue weighted by Gasteiger charge is 2.22. The van der Waals surface area contributed by atoms with E-state index < -0.39 is 37.2 Å². The Balaban J connectivity index is 1.92. The van der Waals surface area contributed by atoms with Crippen LogP contribution >= 0.6 is 11.6 Å². The molecule has 0 unspecified atom stereocenters. The van der Waals surface area contributed by atoms with Crippen LogP contribution in [0.3, 0.4) is 0 Å². The number of halogens is 3. The summed E-state index contributed by atoms with van der Waals surface area (Å²) in [4.78, 5) is 9.92. The number of nitrogens with zero attached hydrogens (tertiary/aromatic N) is 2. The standard InChI is InChI=1S/C19H13ClF2N4O4S/c20-13-2-4-14(5-3-13)25-31(29,30)19-10-15(26(27)28)6-8-18(19)24-23-11-12-1-7-16(21)17(22)9-12/h1-11,24-25H/b23-11+. The van der Waals surface area contributed by atoms with Gasteiger partial charge in [-0.15, -0.1) is 0 Å². The highest BCUT2D eigenvalue weighted by atomic mass is 35.5. The van der Waals surface area contributed by atoms with E-state index in [0.29, 0.717) is 5.02 Å². The average Bonchev–Trinajstić information content (AvgIpc) is 2.72. The van der Waals surface area contributed by atoms with E-state index in [1.807, 2.05) is 0 Å². The third-order valence-corrected chi connectivity index (χ3v) is 5.58. The summed E-state index contributed by atoms with van der Waals surface area (Å²) >= 11 is 5.78.